The second-order valence-electron chi connectivity index (χ2n) is 4.94. The van der Waals surface area contributed by atoms with Crippen molar-refractivity contribution in [3.63, 3.8) is 0 Å². The van der Waals surface area contributed by atoms with E-state index >= 15 is 0 Å². The summed E-state index contributed by atoms with van der Waals surface area (Å²) in [5.41, 5.74) is -0.0470. The van der Waals surface area contributed by atoms with Crippen molar-refractivity contribution in [3.05, 3.63) is 36.2 Å². The maximum absolute atomic E-state index is 12.8. The lowest BCUT2D eigenvalue weighted by atomic mass is 10.0. The van der Waals surface area contributed by atoms with Crippen molar-refractivity contribution < 1.29 is 32.9 Å². The summed E-state index contributed by atoms with van der Waals surface area (Å²) >= 11 is 0. The normalized spacial score (nSPS) is 18.9. The van der Waals surface area contributed by atoms with Gasteiger partial charge in [-0.2, -0.15) is 4.39 Å². The highest BCUT2D eigenvalue weighted by molar-refractivity contribution is 5.98. The molecule has 22 heavy (non-hydrogen) atoms. The van der Waals surface area contributed by atoms with Crippen molar-refractivity contribution in [3.8, 4) is 11.5 Å². The molecule has 1 saturated heterocycles. The largest absolute Gasteiger partial charge is 0.451 e. The average Bonchev–Trinajstić information content (AvgIpc) is 2.47. The molecular formula is C15H13FO6. The number of hydrogen-bond acceptors (Lipinski definition) is 6. The van der Waals surface area contributed by atoms with E-state index in [0.29, 0.717) is 26.1 Å². The van der Waals surface area contributed by atoms with Crippen LogP contribution in [0.5, 0.6) is 11.5 Å². The van der Waals surface area contributed by atoms with E-state index in [9.17, 15) is 14.0 Å². The van der Waals surface area contributed by atoms with Gasteiger partial charge >= 0.3 is 11.9 Å². The van der Waals surface area contributed by atoms with Gasteiger partial charge in [-0.1, -0.05) is 12.6 Å². The molecule has 0 aliphatic carbocycles. The first-order valence-electron chi connectivity index (χ1n) is 6.70. The van der Waals surface area contributed by atoms with Crippen molar-refractivity contribution in [2.24, 2.45) is 0 Å². The Bertz CT molecular complexity index is 647. The summed E-state index contributed by atoms with van der Waals surface area (Å²) in [6.45, 7) is 3.68. The van der Waals surface area contributed by atoms with E-state index in [0.717, 1.165) is 0 Å². The van der Waals surface area contributed by atoms with Gasteiger partial charge in [0.25, 0.3) is 5.79 Å². The summed E-state index contributed by atoms with van der Waals surface area (Å²) < 4.78 is 34.0. The van der Waals surface area contributed by atoms with Crippen molar-refractivity contribution >= 4 is 11.9 Å². The van der Waals surface area contributed by atoms with Crippen LogP contribution in [0.4, 0.5) is 4.39 Å². The zero-order chi connectivity index (χ0) is 15.7. The Hall–Kier alpha value is -2.41. The van der Waals surface area contributed by atoms with E-state index < -0.39 is 23.6 Å². The van der Waals surface area contributed by atoms with Crippen LogP contribution in [0, 0.1) is 0 Å². The van der Waals surface area contributed by atoms with Crippen molar-refractivity contribution in [2.45, 2.75) is 18.6 Å². The third-order valence-corrected chi connectivity index (χ3v) is 3.45. The Morgan fingerprint density at radius 1 is 1.27 bits per heavy atom. The lowest BCUT2D eigenvalue weighted by molar-refractivity contribution is -0.197. The maximum atomic E-state index is 12.8. The number of carbonyl (C=O) groups excluding carboxylic acids is 2. The number of fused-ring (bicyclic) bond motifs is 1. The zero-order valence-corrected chi connectivity index (χ0v) is 11.6. The molecule has 0 radical (unpaired) electrons. The van der Waals surface area contributed by atoms with Gasteiger partial charge in [-0.3, -0.25) is 0 Å². The molecule has 1 aromatic rings. The predicted molar refractivity (Wildman–Crippen MR) is 71.2 cm³/mol. The van der Waals surface area contributed by atoms with Crippen molar-refractivity contribution in [1.29, 1.82) is 0 Å². The van der Waals surface area contributed by atoms with E-state index in [2.05, 4.69) is 6.58 Å². The van der Waals surface area contributed by atoms with E-state index in [1.165, 1.54) is 12.1 Å². The number of hydrogen-bond donors (Lipinski definition) is 0. The fourth-order valence-corrected chi connectivity index (χ4v) is 2.37. The molecule has 2 aliphatic rings. The molecule has 0 amide bonds. The molecule has 1 spiro atoms. The molecule has 1 fully saturated rings. The molecule has 0 atom stereocenters. The Kier molecular flexibility index (Phi) is 3.58. The predicted octanol–water partition coefficient (Wildman–Crippen LogP) is 2.13. The van der Waals surface area contributed by atoms with Gasteiger partial charge in [-0.05, 0) is 12.1 Å². The Morgan fingerprint density at radius 3 is 2.68 bits per heavy atom. The minimum absolute atomic E-state index is 0.0470. The lowest BCUT2D eigenvalue weighted by Gasteiger charge is -2.39. The third kappa shape index (κ3) is 2.55. The second kappa shape index (κ2) is 5.42. The fraction of sp³-hybridized carbons (Fsp3) is 0.333. The quantitative estimate of drug-likeness (QED) is 0.473. The Balaban J connectivity index is 1.93. The number of rotatable bonds is 2. The van der Waals surface area contributed by atoms with Gasteiger partial charge in [0.15, 0.2) is 0 Å². The highest BCUT2D eigenvalue weighted by atomic mass is 19.1. The van der Waals surface area contributed by atoms with E-state index in [4.69, 9.17) is 18.9 Å². The highest BCUT2D eigenvalue weighted by Crippen LogP contribution is 2.40. The standard InChI is InChI=1S/C15H13FO6/c1-9(16)13(17)20-10-3-2-4-11-12(10)14(18)22-15(21-11)5-7-19-8-6-15/h2-4H,1,5-8H2. The maximum Gasteiger partial charge on any atom is 0.371 e. The first-order chi connectivity index (χ1) is 10.5. The summed E-state index contributed by atoms with van der Waals surface area (Å²) in [5.74, 6) is -4.18. The number of esters is 2. The Labute approximate surface area is 125 Å². The average molecular weight is 308 g/mol. The van der Waals surface area contributed by atoms with Crippen LogP contribution in [-0.4, -0.2) is 30.9 Å². The summed E-state index contributed by atoms with van der Waals surface area (Å²) in [6.07, 6.45) is 0.812. The van der Waals surface area contributed by atoms with Crippen LogP contribution in [-0.2, 0) is 14.3 Å². The number of benzene rings is 1. The molecule has 0 unspecified atom stereocenters. The molecule has 2 heterocycles. The van der Waals surface area contributed by atoms with Crippen LogP contribution < -0.4 is 9.47 Å². The van der Waals surface area contributed by atoms with Crippen LogP contribution in [0.1, 0.15) is 23.2 Å². The molecule has 0 N–H and O–H groups in total. The third-order valence-electron chi connectivity index (χ3n) is 3.45. The van der Waals surface area contributed by atoms with Gasteiger partial charge in [0.1, 0.15) is 17.1 Å². The summed E-state index contributed by atoms with van der Waals surface area (Å²) in [6, 6.07) is 4.45. The van der Waals surface area contributed by atoms with Crippen LogP contribution in [0.25, 0.3) is 0 Å². The van der Waals surface area contributed by atoms with E-state index in [1.54, 1.807) is 6.07 Å². The van der Waals surface area contributed by atoms with Crippen LogP contribution in [0.2, 0.25) is 0 Å². The molecule has 1 aromatic carbocycles. The minimum atomic E-state index is -1.27. The molecule has 0 saturated carbocycles. The van der Waals surface area contributed by atoms with Gasteiger partial charge in [-0.25, -0.2) is 9.59 Å². The van der Waals surface area contributed by atoms with Crippen LogP contribution in [0.15, 0.2) is 30.6 Å². The monoisotopic (exact) mass is 308 g/mol. The molecule has 0 bridgehead atoms. The summed E-state index contributed by atoms with van der Waals surface area (Å²) in [4.78, 5) is 23.6. The fourth-order valence-electron chi connectivity index (χ4n) is 2.37. The SMILES string of the molecule is C=C(F)C(=O)Oc1cccc2c1C(=O)OC1(CCOCC1)O2. The first-order valence-corrected chi connectivity index (χ1v) is 6.70. The molecule has 7 heteroatoms. The number of carbonyl (C=O) groups is 2. The highest BCUT2D eigenvalue weighted by Gasteiger charge is 2.45. The lowest BCUT2D eigenvalue weighted by Crippen LogP contribution is -2.48. The number of halogens is 1. The molecule has 0 aromatic heterocycles. The molecule has 116 valence electrons. The van der Waals surface area contributed by atoms with Crippen LogP contribution >= 0.6 is 0 Å². The topological polar surface area (TPSA) is 71.1 Å². The summed E-state index contributed by atoms with van der Waals surface area (Å²) in [5, 5.41) is 0. The van der Waals surface area contributed by atoms with Gasteiger partial charge in [0.05, 0.1) is 13.2 Å². The second-order valence-corrected chi connectivity index (χ2v) is 4.94. The molecule has 6 nitrogen and oxygen atoms in total. The van der Waals surface area contributed by atoms with Crippen molar-refractivity contribution in [1.82, 2.24) is 0 Å². The van der Waals surface area contributed by atoms with Gasteiger partial charge in [-0.15, -0.1) is 0 Å². The van der Waals surface area contributed by atoms with E-state index in [-0.39, 0.29) is 17.1 Å². The number of ether oxygens (including phenoxy) is 4. The summed E-state index contributed by atoms with van der Waals surface area (Å²) in [7, 11) is 0. The van der Waals surface area contributed by atoms with Gasteiger partial charge in [0, 0.05) is 12.8 Å². The van der Waals surface area contributed by atoms with Crippen LogP contribution in [0.3, 0.4) is 0 Å². The molecular weight excluding hydrogens is 295 g/mol. The van der Waals surface area contributed by atoms with Crippen molar-refractivity contribution in [2.75, 3.05) is 13.2 Å². The Morgan fingerprint density at radius 2 is 2.00 bits per heavy atom. The molecule has 2 aliphatic heterocycles. The van der Waals surface area contributed by atoms with Gasteiger partial charge in [0.2, 0.25) is 5.83 Å². The zero-order valence-electron chi connectivity index (χ0n) is 11.6. The molecule has 3 rings (SSSR count). The smallest absolute Gasteiger partial charge is 0.371 e. The first kappa shape index (κ1) is 14.5. The van der Waals surface area contributed by atoms with Gasteiger partial charge < -0.3 is 18.9 Å². The van der Waals surface area contributed by atoms with E-state index in [1.807, 2.05) is 0 Å². The minimum Gasteiger partial charge on any atom is -0.451 e.